The van der Waals surface area contributed by atoms with Gasteiger partial charge in [0.25, 0.3) is 0 Å². The van der Waals surface area contributed by atoms with Gasteiger partial charge in [-0.2, -0.15) is 13.2 Å². The van der Waals surface area contributed by atoms with E-state index in [1.807, 2.05) is 18.2 Å². The van der Waals surface area contributed by atoms with Crippen LogP contribution in [0.25, 0.3) is 0 Å². The lowest BCUT2D eigenvalue weighted by atomic mass is 9.83. The maximum atomic E-state index is 13.3. The molecule has 2 amide bonds. The van der Waals surface area contributed by atoms with Gasteiger partial charge in [0, 0.05) is 24.7 Å². The van der Waals surface area contributed by atoms with Crippen LogP contribution in [-0.4, -0.2) is 30.6 Å². The summed E-state index contributed by atoms with van der Waals surface area (Å²) in [5.41, 5.74) is 3.33. The SMILES string of the molecule is O=C(NC1CCCCC1C(F)(F)F)C1CC(=O)N(c2ccc3c(c2)CCC3)C1. The highest BCUT2D eigenvalue weighted by atomic mass is 19.4. The van der Waals surface area contributed by atoms with Crippen LogP contribution in [0.5, 0.6) is 0 Å². The Morgan fingerprint density at radius 2 is 1.82 bits per heavy atom. The van der Waals surface area contributed by atoms with Crippen LogP contribution in [0, 0.1) is 11.8 Å². The highest BCUT2D eigenvalue weighted by molar-refractivity contribution is 6.00. The summed E-state index contributed by atoms with van der Waals surface area (Å²) >= 11 is 0. The molecule has 1 saturated carbocycles. The molecular formula is C21H25F3N2O2. The standard InChI is InChI=1S/C21H25F3N2O2/c22-21(23,24)17-6-1-2-7-18(17)25-20(28)15-11-19(27)26(12-15)16-9-8-13-4-3-5-14(13)10-16/h8-10,15,17-18H,1-7,11-12H2,(H,25,28). The van der Waals surface area contributed by atoms with Crippen molar-refractivity contribution in [1.82, 2.24) is 5.32 Å². The number of rotatable bonds is 3. The number of nitrogens with zero attached hydrogens (tertiary/aromatic N) is 1. The van der Waals surface area contributed by atoms with E-state index in [9.17, 15) is 22.8 Å². The van der Waals surface area contributed by atoms with E-state index in [2.05, 4.69) is 5.32 Å². The zero-order valence-corrected chi connectivity index (χ0v) is 15.7. The van der Waals surface area contributed by atoms with Gasteiger partial charge in [0.2, 0.25) is 11.8 Å². The predicted octanol–water partition coefficient (Wildman–Crippen LogP) is 3.77. The van der Waals surface area contributed by atoms with Crippen LogP contribution in [0.2, 0.25) is 0 Å². The Bertz CT molecular complexity index is 777. The van der Waals surface area contributed by atoms with Gasteiger partial charge >= 0.3 is 6.18 Å². The van der Waals surface area contributed by atoms with Crippen LogP contribution in [0.4, 0.5) is 18.9 Å². The van der Waals surface area contributed by atoms with Crippen LogP contribution < -0.4 is 10.2 Å². The summed E-state index contributed by atoms with van der Waals surface area (Å²) in [7, 11) is 0. The maximum absolute atomic E-state index is 13.3. The summed E-state index contributed by atoms with van der Waals surface area (Å²) in [6.45, 7) is 0.229. The number of nitrogens with one attached hydrogen (secondary N) is 1. The molecule has 3 atom stereocenters. The number of aryl methyl sites for hydroxylation is 2. The van der Waals surface area contributed by atoms with E-state index >= 15 is 0 Å². The molecule has 1 N–H and O–H groups in total. The Labute approximate surface area is 162 Å². The van der Waals surface area contributed by atoms with Crippen LogP contribution in [0.3, 0.4) is 0 Å². The largest absolute Gasteiger partial charge is 0.393 e. The molecule has 28 heavy (non-hydrogen) atoms. The lowest BCUT2D eigenvalue weighted by Crippen LogP contribution is -2.49. The van der Waals surface area contributed by atoms with Crippen LogP contribution in [0.1, 0.15) is 49.7 Å². The van der Waals surface area contributed by atoms with Crippen molar-refractivity contribution in [3.8, 4) is 0 Å². The van der Waals surface area contributed by atoms with Crippen molar-refractivity contribution in [2.75, 3.05) is 11.4 Å². The van der Waals surface area contributed by atoms with Gasteiger partial charge in [0.15, 0.2) is 0 Å². The number of fused-ring (bicyclic) bond motifs is 1. The third-order valence-electron chi connectivity index (χ3n) is 6.40. The lowest BCUT2D eigenvalue weighted by Gasteiger charge is -2.34. The van der Waals surface area contributed by atoms with Gasteiger partial charge in [-0.05, 0) is 55.4 Å². The highest BCUT2D eigenvalue weighted by Gasteiger charge is 2.47. The number of hydrogen-bond donors (Lipinski definition) is 1. The molecular weight excluding hydrogens is 369 g/mol. The lowest BCUT2D eigenvalue weighted by molar-refractivity contribution is -0.189. The molecule has 0 radical (unpaired) electrons. The number of carbonyl (C=O) groups excluding carboxylic acids is 2. The van der Waals surface area contributed by atoms with Gasteiger partial charge in [0.1, 0.15) is 0 Å². The molecule has 7 heteroatoms. The van der Waals surface area contributed by atoms with Crippen molar-refractivity contribution in [2.45, 2.75) is 63.6 Å². The Balaban J connectivity index is 1.42. The summed E-state index contributed by atoms with van der Waals surface area (Å²) in [4.78, 5) is 26.7. The molecule has 4 nitrogen and oxygen atoms in total. The van der Waals surface area contributed by atoms with Crippen LogP contribution >= 0.6 is 0 Å². The zero-order chi connectivity index (χ0) is 19.9. The van der Waals surface area contributed by atoms with Gasteiger partial charge in [-0.15, -0.1) is 0 Å². The van der Waals surface area contributed by atoms with E-state index in [0.29, 0.717) is 19.3 Å². The van der Waals surface area contributed by atoms with E-state index in [1.165, 1.54) is 11.1 Å². The first kappa shape index (κ1) is 19.3. The number of benzene rings is 1. The smallest absolute Gasteiger partial charge is 0.352 e. The summed E-state index contributed by atoms with van der Waals surface area (Å²) in [5.74, 6) is -2.67. The quantitative estimate of drug-likeness (QED) is 0.849. The number of amides is 2. The van der Waals surface area contributed by atoms with E-state index in [-0.39, 0.29) is 25.3 Å². The van der Waals surface area contributed by atoms with Gasteiger partial charge in [-0.25, -0.2) is 0 Å². The maximum Gasteiger partial charge on any atom is 0.393 e. The Morgan fingerprint density at radius 3 is 2.61 bits per heavy atom. The molecule has 4 rings (SSSR count). The van der Waals surface area contributed by atoms with E-state index in [0.717, 1.165) is 24.9 Å². The minimum Gasteiger partial charge on any atom is -0.352 e. The van der Waals surface area contributed by atoms with Crippen molar-refractivity contribution >= 4 is 17.5 Å². The normalized spacial score (nSPS) is 27.8. The molecule has 1 heterocycles. The molecule has 2 fully saturated rings. The fourth-order valence-electron chi connectivity index (χ4n) is 4.85. The molecule has 2 aliphatic carbocycles. The third kappa shape index (κ3) is 3.76. The molecule has 3 unspecified atom stereocenters. The Hall–Kier alpha value is -2.05. The number of anilines is 1. The van der Waals surface area contributed by atoms with Gasteiger partial charge in [0.05, 0.1) is 11.8 Å². The Kier molecular flexibility index (Phi) is 5.10. The summed E-state index contributed by atoms with van der Waals surface area (Å²) in [6.07, 6.45) is 0.509. The second kappa shape index (κ2) is 7.41. The monoisotopic (exact) mass is 394 g/mol. The number of hydrogen-bond acceptors (Lipinski definition) is 2. The number of alkyl halides is 3. The van der Waals surface area contributed by atoms with E-state index < -0.39 is 30.0 Å². The third-order valence-corrected chi connectivity index (χ3v) is 6.40. The molecule has 0 spiro atoms. The number of halogens is 3. The fraction of sp³-hybridized carbons (Fsp3) is 0.619. The van der Waals surface area contributed by atoms with Crippen molar-refractivity contribution < 1.29 is 22.8 Å². The minimum absolute atomic E-state index is 0.0479. The summed E-state index contributed by atoms with van der Waals surface area (Å²) in [5, 5.41) is 2.61. The van der Waals surface area contributed by atoms with Gasteiger partial charge in [-0.3, -0.25) is 9.59 Å². The van der Waals surface area contributed by atoms with Crippen molar-refractivity contribution in [3.63, 3.8) is 0 Å². The molecule has 1 aromatic carbocycles. The molecule has 1 aliphatic heterocycles. The first-order valence-electron chi connectivity index (χ1n) is 10.1. The summed E-state index contributed by atoms with van der Waals surface area (Å²) < 4.78 is 39.8. The minimum atomic E-state index is -4.31. The molecule has 0 bridgehead atoms. The van der Waals surface area contributed by atoms with Crippen molar-refractivity contribution in [1.29, 1.82) is 0 Å². The van der Waals surface area contributed by atoms with E-state index in [1.54, 1.807) is 4.90 Å². The first-order valence-corrected chi connectivity index (χ1v) is 10.1. The molecule has 3 aliphatic rings. The highest BCUT2D eigenvalue weighted by Crippen LogP contribution is 2.38. The van der Waals surface area contributed by atoms with Crippen LogP contribution in [0.15, 0.2) is 18.2 Å². The zero-order valence-electron chi connectivity index (χ0n) is 15.7. The first-order chi connectivity index (χ1) is 13.3. The predicted molar refractivity (Wildman–Crippen MR) is 98.9 cm³/mol. The second-order valence-electron chi connectivity index (χ2n) is 8.26. The molecule has 1 aromatic rings. The van der Waals surface area contributed by atoms with E-state index in [4.69, 9.17) is 0 Å². The average Bonchev–Trinajstić information content (AvgIpc) is 3.27. The van der Waals surface area contributed by atoms with Gasteiger partial charge in [-0.1, -0.05) is 18.9 Å². The summed E-state index contributed by atoms with van der Waals surface area (Å²) in [6, 6.07) is 5.07. The molecule has 1 saturated heterocycles. The van der Waals surface area contributed by atoms with Crippen LogP contribution in [-0.2, 0) is 22.4 Å². The molecule has 0 aromatic heterocycles. The number of carbonyl (C=O) groups is 2. The van der Waals surface area contributed by atoms with Crippen molar-refractivity contribution in [3.05, 3.63) is 29.3 Å². The molecule has 152 valence electrons. The average molecular weight is 394 g/mol. The topological polar surface area (TPSA) is 49.4 Å². The fourth-order valence-corrected chi connectivity index (χ4v) is 4.85. The van der Waals surface area contributed by atoms with Crippen molar-refractivity contribution in [2.24, 2.45) is 11.8 Å². The van der Waals surface area contributed by atoms with Gasteiger partial charge < -0.3 is 10.2 Å². The second-order valence-corrected chi connectivity index (χ2v) is 8.26. The Morgan fingerprint density at radius 1 is 1.07 bits per heavy atom.